The molecule has 0 bridgehead atoms. The summed E-state index contributed by atoms with van der Waals surface area (Å²) in [5, 5.41) is 4.62. The molecule has 2 N–H and O–H groups in total. The molecule has 0 fully saturated rings. The number of benzene rings is 1. The predicted molar refractivity (Wildman–Crippen MR) is 87.5 cm³/mol. The van der Waals surface area contributed by atoms with Crippen molar-refractivity contribution in [2.45, 2.75) is 9.10 Å². The Hall–Kier alpha value is -1.42. The highest BCUT2D eigenvalue weighted by Crippen LogP contribution is 2.20. The Morgan fingerprint density at radius 1 is 1.00 bits per heavy atom. The number of hydrogen-bond acceptors (Lipinski definition) is 6. The van der Waals surface area contributed by atoms with Gasteiger partial charge in [-0.3, -0.25) is 0 Å². The standard InChI is InChI=1S/C13H16N2O4S3/c1-21(16,17)12-6-3-2-5-11(12)14-8-9-15-22(18,19)13-7-4-10-20-13/h2-7,10,14-15H,8-9H2,1H3. The molecule has 0 aliphatic carbocycles. The van der Waals surface area contributed by atoms with Crippen molar-refractivity contribution in [3.05, 3.63) is 41.8 Å². The Morgan fingerprint density at radius 3 is 2.36 bits per heavy atom. The fourth-order valence-corrected chi connectivity index (χ4v) is 4.74. The second-order valence-corrected chi connectivity index (χ2v) is 9.45. The van der Waals surface area contributed by atoms with Crippen LogP contribution in [0.3, 0.4) is 0 Å². The third-order valence-corrected chi connectivity index (χ3v) is 6.79. The van der Waals surface area contributed by atoms with E-state index >= 15 is 0 Å². The van der Waals surface area contributed by atoms with Crippen LogP contribution in [0.25, 0.3) is 0 Å². The first-order valence-electron chi connectivity index (χ1n) is 6.37. The van der Waals surface area contributed by atoms with Gasteiger partial charge >= 0.3 is 0 Å². The third kappa shape index (κ3) is 4.29. The Labute approximate surface area is 134 Å². The van der Waals surface area contributed by atoms with Crippen LogP contribution in [0.4, 0.5) is 5.69 Å². The van der Waals surface area contributed by atoms with Gasteiger partial charge in [-0.1, -0.05) is 18.2 Å². The van der Waals surface area contributed by atoms with Crippen molar-refractivity contribution >= 4 is 36.9 Å². The minimum absolute atomic E-state index is 0.151. The lowest BCUT2D eigenvalue weighted by molar-refractivity contribution is 0.584. The Bertz CT molecular complexity index is 828. The molecule has 9 heteroatoms. The highest BCUT2D eigenvalue weighted by Gasteiger charge is 2.15. The zero-order valence-electron chi connectivity index (χ0n) is 11.8. The molecule has 1 heterocycles. The lowest BCUT2D eigenvalue weighted by Crippen LogP contribution is -2.28. The maximum Gasteiger partial charge on any atom is 0.250 e. The van der Waals surface area contributed by atoms with Gasteiger partial charge in [-0.15, -0.1) is 11.3 Å². The highest BCUT2D eigenvalue weighted by molar-refractivity contribution is 7.91. The zero-order valence-corrected chi connectivity index (χ0v) is 14.3. The Balaban J connectivity index is 1.96. The Kier molecular flexibility index (Phi) is 5.22. The maximum atomic E-state index is 11.9. The summed E-state index contributed by atoms with van der Waals surface area (Å²) in [6.07, 6.45) is 1.13. The van der Waals surface area contributed by atoms with Gasteiger partial charge in [-0.25, -0.2) is 21.6 Å². The number of thiophene rings is 1. The van der Waals surface area contributed by atoms with Gasteiger partial charge in [0, 0.05) is 19.3 Å². The van der Waals surface area contributed by atoms with Gasteiger partial charge in [0.2, 0.25) is 10.0 Å². The van der Waals surface area contributed by atoms with E-state index in [4.69, 9.17) is 0 Å². The lowest BCUT2D eigenvalue weighted by Gasteiger charge is -2.11. The largest absolute Gasteiger partial charge is 0.383 e. The number of sulfonamides is 1. The van der Waals surface area contributed by atoms with Gasteiger partial charge in [0.15, 0.2) is 9.84 Å². The second-order valence-electron chi connectivity index (χ2n) is 4.52. The van der Waals surface area contributed by atoms with Crippen molar-refractivity contribution < 1.29 is 16.8 Å². The lowest BCUT2D eigenvalue weighted by atomic mass is 10.3. The molecule has 22 heavy (non-hydrogen) atoms. The molecule has 120 valence electrons. The van der Waals surface area contributed by atoms with E-state index in [2.05, 4.69) is 10.0 Å². The molecule has 2 rings (SSSR count). The van der Waals surface area contributed by atoms with Crippen LogP contribution < -0.4 is 10.0 Å². The van der Waals surface area contributed by atoms with Crippen LogP contribution in [0, 0.1) is 0 Å². The molecule has 0 aliphatic heterocycles. The summed E-state index contributed by atoms with van der Waals surface area (Å²) in [5.74, 6) is 0. The van der Waals surface area contributed by atoms with Crippen LogP contribution in [-0.2, 0) is 19.9 Å². The van der Waals surface area contributed by atoms with Crippen molar-refractivity contribution in [3.63, 3.8) is 0 Å². The first kappa shape index (κ1) is 16.9. The zero-order chi connectivity index (χ0) is 16.2. The van der Waals surface area contributed by atoms with E-state index < -0.39 is 19.9 Å². The van der Waals surface area contributed by atoms with E-state index in [1.54, 1.807) is 29.6 Å². The molecule has 0 radical (unpaired) electrons. The van der Waals surface area contributed by atoms with Gasteiger partial charge in [0.1, 0.15) is 4.21 Å². The molecule has 0 aliphatic rings. The molecule has 0 unspecified atom stereocenters. The number of sulfone groups is 1. The summed E-state index contributed by atoms with van der Waals surface area (Å²) in [5.41, 5.74) is 0.459. The van der Waals surface area contributed by atoms with Crippen molar-refractivity contribution in [2.75, 3.05) is 24.7 Å². The fraction of sp³-hybridized carbons (Fsp3) is 0.231. The maximum absolute atomic E-state index is 11.9. The molecule has 2 aromatic rings. The summed E-state index contributed by atoms with van der Waals surface area (Å²) < 4.78 is 49.8. The number of anilines is 1. The molecule has 6 nitrogen and oxygen atoms in total. The molecule has 0 amide bonds. The molecular formula is C13H16N2O4S3. The van der Waals surface area contributed by atoms with Crippen LogP contribution in [-0.4, -0.2) is 36.2 Å². The van der Waals surface area contributed by atoms with E-state index in [0.29, 0.717) is 5.69 Å². The molecule has 0 atom stereocenters. The molecule has 0 spiro atoms. The summed E-state index contributed by atoms with van der Waals surface area (Å²) in [7, 11) is -6.83. The SMILES string of the molecule is CS(=O)(=O)c1ccccc1NCCNS(=O)(=O)c1cccs1. The van der Waals surface area contributed by atoms with Crippen LogP contribution in [0.2, 0.25) is 0 Å². The number of para-hydroxylation sites is 1. The van der Waals surface area contributed by atoms with Crippen LogP contribution >= 0.6 is 11.3 Å². The van der Waals surface area contributed by atoms with E-state index in [9.17, 15) is 16.8 Å². The molecule has 0 saturated carbocycles. The van der Waals surface area contributed by atoms with Crippen molar-refractivity contribution in [1.82, 2.24) is 4.72 Å². The molecule has 1 aromatic heterocycles. The number of nitrogens with one attached hydrogen (secondary N) is 2. The number of rotatable bonds is 7. The van der Waals surface area contributed by atoms with E-state index in [1.807, 2.05) is 0 Å². The molecular weight excluding hydrogens is 344 g/mol. The summed E-state index contributed by atoms with van der Waals surface area (Å²) >= 11 is 1.14. The topological polar surface area (TPSA) is 92.3 Å². The predicted octanol–water partition coefficient (Wildman–Crippen LogP) is 1.54. The second kappa shape index (κ2) is 6.78. The fourth-order valence-electron chi connectivity index (χ4n) is 1.81. The van der Waals surface area contributed by atoms with Gasteiger partial charge in [-0.05, 0) is 23.6 Å². The summed E-state index contributed by atoms with van der Waals surface area (Å²) in [6, 6.07) is 9.70. The first-order valence-corrected chi connectivity index (χ1v) is 10.6. The average molecular weight is 360 g/mol. The van der Waals surface area contributed by atoms with Gasteiger partial charge in [0.05, 0.1) is 10.6 Å². The van der Waals surface area contributed by atoms with Crippen molar-refractivity contribution in [1.29, 1.82) is 0 Å². The van der Waals surface area contributed by atoms with E-state index in [0.717, 1.165) is 17.6 Å². The van der Waals surface area contributed by atoms with Gasteiger partial charge in [-0.2, -0.15) is 0 Å². The van der Waals surface area contributed by atoms with Crippen LogP contribution in [0.1, 0.15) is 0 Å². The minimum atomic E-state index is -3.50. The summed E-state index contributed by atoms with van der Waals surface area (Å²) in [6.45, 7) is 0.426. The molecule has 1 aromatic carbocycles. The highest BCUT2D eigenvalue weighted by atomic mass is 32.2. The summed E-state index contributed by atoms with van der Waals surface area (Å²) in [4.78, 5) is 0.191. The monoisotopic (exact) mass is 360 g/mol. The smallest absolute Gasteiger partial charge is 0.250 e. The Morgan fingerprint density at radius 2 is 1.73 bits per heavy atom. The van der Waals surface area contributed by atoms with Gasteiger partial charge < -0.3 is 5.32 Å². The quantitative estimate of drug-likeness (QED) is 0.731. The average Bonchev–Trinajstić information content (AvgIpc) is 2.98. The first-order chi connectivity index (χ1) is 10.3. The molecule has 0 saturated heterocycles. The van der Waals surface area contributed by atoms with E-state index in [1.165, 1.54) is 12.1 Å². The van der Waals surface area contributed by atoms with Gasteiger partial charge in [0.25, 0.3) is 0 Å². The minimum Gasteiger partial charge on any atom is -0.383 e. The van der Waals surface area contributed by atoms with Crippen LogP contribution in [0.5, 0.6) is 0 Å². The van der Waals surface area contributed by atoms with Crippen LogP contribution in [0.15, 0.2) is 50.9 Å². The van der Waals surface area contributed by atoms with E-state index in [-0.39, 0.29) is 22.2 Å². The van der Waals surface area contributed by atoms with Crippen molar-refractivity contribution in [2.24, 2.45) is 0 Å². The third-order valence-electron chi connectivity index (χ3n) is 2.78. The number of hydrogen-bond donors (Lipinski definition) is 2. The van der Waals surface area contributed by atoms with Crippen molar-refractivity contribution in [3.8, 4) is 0 Å². The normalized spacial score (nSPS) is 12.2.